The maximum atomic E-state index is 11.8. The summed E-state index contributed by atoms with van der Waals surface area (Å²) in [5, 5.41) is 8.82. The molecule has 104 valence electrons. The molecule has 0 fully saturated rings. The summed E-state index contributed by atoms with van der Waals surface area (Å²) in [5.41, 5.74) is 5.38. The quantitative estimate of drug-likeness (QED) is 0.619. The summed E-state index contributed by atoms with van der Waals surface area (Å²) in [5.74, 6) is -2.71. The number of hydrogen-bond acceptors (Lipinski definition) is 4. The number of carbonyl (C=O) groups is 2. The molecule has 1 atom stereocenters. The van der Waals surface area contributed by atoms with Gasteiger partial charge in [-0.15, -0.1) is 0 Å². The van der Waals surface area contributed by atoms with Crippen molar-refractivity contribution in [2.24, 2.45) is 5.73 Å². The summed E-state index contributed by atoms with van der Waals surface area (Å²) < 4.78 is 25.5. The zero-order chi connectivity index (χ0) is 14.5. The average Bonchev–Trinajstić information content (AvgIpc) is 2.27. The Morgan fingerprint density at radius 1 is 1.26 bits per heavy atom. The molecule has 7 nitrogen and oxygen atoms in total. The second-order valence-corrected chi connectivity index (χ2v) is 5.68. The highest BCUT2D eigenvalue weighted by Gasteiger charge is 2.25. The van der Waals surface area contributed by atoms with Gasteiger partial charge in [0.2, 0.25) is 15.9 Å². The van der Waals surface area contributed by atoms with Crippen LogP contribution in [0.4, 0.5) is 0 Å². The minimum Gasteiger partial charge on any atom is -0.480 e. The molecule has 1 amide bonds. The topological polar surface area (TPSA) is 127 Å². The summed E-state index contributed by atoms with van der Waals surface area (Å²) in [7, 11) is -3.86. The highest BCUT2D eigenvalue weighted by atomic mass is 32.2. The number of nitrogens with one attached hydrogen (secondary N) is 1. The van der Waals surface area contributed by atoms with E-state index in [9.17, 15) is 18.0 Å². The second-order valence-electron chi connectivity index (χ2n) is 3.92. The number of carbonyl (C=O) groups excluding carboxylic acids is 1. The van der Waals surface area contributed by atoms with E-state index in [0.717, 1.165) is 0 Å². The van der Waals surface area contributed by atoms with Gasteiger partial charge in [0, 0.05) is 0 Å². The number of carboxylic acid groups (broad SMARTS) is 1. The molecule has 4 N–H and O–H groups in total. The summed E-state index contributed by atoms with van der Waals surface area (Å²) >= 11 is 0. The van der Waals surface area contributed by atoms with Gasteiger partial charge in [0.05, 0.1) is 12.2 Å². The number of aliphatic carboxylic acids is 1. The molecule has 0 saturated carbocycles. The molecule has 0 aliphatic rings. The predicted molar refractivity (Wildman–Crippen MR) is 67.4 cm³/mol. The van der Waals surface area contributed by atoms with E-state index in [1.165, 1.54) is 0 Å². The number of hydrogen-bond donors (Lipinski definition) is 3. The summed E-state index contributed by atoms with van der Waals surface area (Å²) in [6.45, 7) is 0. The lowest BCUT2D eigenvalue weighted by atomic mass is 10.2. The minimum atomic E-state index is -3.86. The van der Waals surface area contributed by atoms with Crippen molar-refractivity contribution >= 4 is 21.9 Å². The van der Waals surface area contributed by atoms with Crippen molar-refractivity contribution in [3.8, 4) is 0 Å². The fraction of sp³-hybridized carbons (Fsp3) is 0.273. The van der Waals surface area contributed by atoms with Crippen LogP contribution in [0.1, 0.15) is 12.0 Å². The first-order valence-corrected chi connectivity index (χ1v) is 7.00. The van der Waals surface area contributed by atoms with E-state index in [-0.39, 0.29) is 5.75 Å². The van der Waals surface area contributed by atoms with Gasteiger partial charge < -0.3 is 10.8 Å². The molecule has 1 rings (SSSR count). The lowest BCUT2D eigenvalue weighted by Crippen LogP contribution is -2.43. The Balaban J connectivity index is 2.77. The molecule has 0 aliphatic heterocycles. The Labute approximate surface area is 110 Å². The van der Waals surface area contributed by atoms with Crippen LogP contribution in [0.5, 0.6) is 0 Å². The molecular formula is C11H14N2O5S. The van der Waals surface area contributed by atoms with Crippen LogP contribution in [-0.2, 0) is 25.4 Å². The van der Waals surface area contributed by atoms with Crippen molar-refractivity contribution in [2.45, 2.75) is 18.2 Å². The molecule has 0 aliphatic carbocycles. The van der Waals surface area contributed by atoms with E-state index >= 15 is 0 Å². The zero-order valence-electron chi connectivity index (χ0n) is 9.94. The van der Waals surface area contributed by atoms with Crippen molar-refractivity contribution in [1.82, 2.24) is 4.72 Å². The van der Waals surface area contributed by atoms with E-state index < -0.39 is 34.4 Å². The Hall–Kier alpha value is -1.93. The van der Waals surface area contributed by atoms with Crippen molar-refractivity contribution in [3.05, 3.63) is 35.9 Å². The third-order valence-electron chi connectivity index (χ3n) is 2.22. The average molecular weight is 286 g/mol. The number of nitrogens with two attached hydrogens (primary N) is 1. The van der Waals surface area contributed by atoms with Crippen LogP contribution in [0.3, 0.4) is 0 Å². The smallest absolute Gasteiger partial charge is 0.322 e. The number of rotatable bonds is 7. The minimum absolute atomic E-state index is 0.365. The maximum Gasteiger partial charge on any atom is 0.322 e. The summed E-state index contributed by atoms with van der Waals surface area (Å²) in [4.78, 5) is 21.5. The normalized spacial score (nSPS) is 12.8. The van der Waals surface area contributed by atoms with Crippen LogP contribution in [0.25, 0.3) is 0 Å². The van der Waals surface area contributed by atoms with Gasteiger partial charge in [0.1, 0.15) is 6.04 Å². The largest absolute Gasteiger partial charge is 0.480 e. The van der Waals surface area contributed by atoms with Crippen LogP contribution in [0.2, 0.25) is 0 Å². The lowest BCUT2D eigenvalue weighted by molar-refractivity contribution is -0.140. The van der Waals surface area contributed by atoms with Gasteiger partial charge in [0.25, 0.3) is 0 Å². The van der Waals surface area contributed by atoms with Crippen molar-refractivity contribution < 1.29 is 23.1 Å². The fourth-order valence-corrected chi connectivity index (χ4v) is 2.76. The molecule has 0 spiro atoms. The monoisotopic (exact) mass is 286 g/mol. The number of carboxylic acids is 1. The fourth-order valence-electron chi connectivity index (χ4n) is 1.43. The van der Waals surface area contributed by atoms with Crippen LogP contribution in [-0.4, -0.2) is 31.4 Å². The first kappa shape index (κ1) is 15.1. The van der Waals surface area contributed by atoms with E-state index in [1.807, 2.05) is 4.72 Å². The molecular weight excluding hydrogens is 272 g/mol. The standard InChI is InChI=1S/C11H14N2O5S/c12-10(14)6-9(11(15)16)13-19(17,18)7-8-4-2-1-3-5-8/h1-5,9,13H,6-7H2,(H2,12,14)(H,15,16)/t9-/m1/s1. The van der Waals surface area contributed by atoms with Gasteiger partial charge in [-0.3, -0.25) is 9.59 Å². The van der Waals surface area contributed by atoms with Crippen LogP contribution >= 0.6 is 0 Å². The first-order chi connectivity index (χ1) is 8.80. The molecule has 0 unspecified atom stereocenters. The van der Waals surface area contributed by atoms with Crippen LogP contribution in [0.15, 0.2) is 30.3 Å². The van der Waals surface area contributed by atoms with E-state index in [1.54, 1.807) is 30.3 Å². The van der Waals surface area contributed by atoms with Gasteiger partial charge in [-0.2, -0.15) is 0 Å². The Morgan fingerprint density at radius 3 is 2.32 bits per heavy atom. The molecule has 0 radical (unpaired) electrons. The number of benzene rings is 1. The SMILES string of the molecule is NC(=O)C[C@@H](NS(=O)(=O)Cc1ccccc1)C(=O)O. The summed E-state index contributed by atoms with van der Waals surface area (Å²) in [6, 6.07) is 6.72. The van der Waals surface area contributed by atoms with Crippen molar-refractivity contribution in [3.63, 3.8) is 0 Å². The van der Waals surface area contributed by atoms with E-state index in [2.05, 4.69) is 0 Å². The number of sulfonamides is 1. The molecule has 0 saturated heterocycles. The van der Waals surface area contributed by atoms with Gasteiger partial charge in [-0.25, -0.2) is 13.1 Å². The number of primary amides is 1. The Kier molecular flexibility index (Phi) is 5.02. The third kappa shape index (κ3) is 5.49. The van der Waals surface area contributed by atoms with Crippen LogP contribution < -0.4 is 10.5 Å². The van der Waals surface area contributed by atoms with E-state index in [4.69, 9.17) is 10.8 Å². The Morgan fingerprint density at radius 2 is 1.84 bits per heavy atom. The summed E-state index contributed by atoms with van der Waals surface area (Å²) in [6.07, 6.45) is -0.594. The zero-order valence-corrected chi connectivity index (χ0v) is 10.8. The molecule has 0 heterocycles. The number of amides is 1. The van der Waals surface area contributed by atoms with Gasteiger partial charge in [-0.05, 0) is 5.56 Å². The highest BCUT2D eigenvalue weighted by Crippen LogP contribution is 2.05. The van der Waals surface area contributed by atoms with Crippen LogP contribution in [0, 0.1) is 0 Å². The van der Waals surface area contributed by atoms with Crippen molar-refractivity contribution in [1.29, 1.82) is 0 Å². The van der Waals surface area contributed by atoms with Gasteiger partial charge in [-0.1, -0.05) is 30.3 Å². The highest BCUT2D eigenvalue weighted by molar-refractivity contribution is 7.88. The third-order valence-corrected chi connectivity index (χ3v) is 3.58. The van der Waals surface area contributed by atoms with Gasteiger partial charge >= 0.3 is 5.97 Å². The Bertz CT molecular complexity index is 556. The molecule has 1 aromatic rings. The van der Waals surface area contributed by atoms with Crippen molar-refractivity contribution in [2.75, 3.05) is 0 Å². The molecule has 0 aromatic heterocycles. The van der Waals surface area contributed by atoms with Gasteiger partial charge in [0.15, 0.2) is 0 Å². The van der Waals surface area contributed by atoms with E-state index in [0.29, 0.717) is 5.56 Å². The molecule has 8 heteroatoms. The molecule has 19 heavy (non-hydrogen) atoms. The lowest BCUT2D eigenvalue weighted by Gasteiger charge is -2.13. The second kappa shape index (κ2) is 6.30. The molecule has 0 bridgehead atoms. The maximum absolute atomic E-state index is 11.8. The molecule has 1 aromatic carbocycles. The predicted octanol–water partition coefficient (Wildman–Crippen LogP) is -0.565. The first-order valence-electron chi connectivity index (χ1n) is 5.35.